The molecule has 0 saturated heterocycles. The molecule has 3 heteroatoms. The number of nitrogens with one attached hydrogen (secondary N) is 1. The predicted molar refractivity (Wildman–Crippen MR) is 86.7 cm³/mol. The van der Waals surface area contributed by atoms with Crippen LogP contribution in [0.25, 0.3) is 11.0 Å². The van der Waals surface area contributed by atoms with Crippen LogP contribution in [0.15, 0.2) is 42.5 Å². The summed E-state index contributed by atoms with van der Waals surface area (Å²) in [6.07, 6.45) is 1.00. The van der Waals surface area contributed by atoms with Gasteiger partial charge in [-0.15, -0.1) is 0 Å². The van der Waals surface area contributed by atoms with Gasteiger partial charge < -0.3 is 9.55 Å². The highest BCUT2D eigenvalue weighted by Gasteiger charge is 2.05. The number of H-pyrrole nitrogens is 1. The molecule has 0 radical (unpaired) electrons. The van der Waals surface area contributed by atoms with Crippen LogP contribution < -0.4 is 0 Å². The third-order valence-corrected chi connectivity index (χ3v) is 4.12. The number of fused-ring (bicyclic) bond motifs is 1. The average molecular weight is 282 g/mol. The zero-order valence-corrected chi connectivity index (χ0v) is 12.6. The molecular formula is C17H18N2S. The standard InChI is InChI=1S/C17H18N2S/c1-12-7-8-16-15(11-12)18-17(20)19(16)10-9-14-6-4-3-5-13(14)2/h3-8,11H,9-10H2,1-2H3,(H,18,20). The first kappa shape index (κ1) is 13.1. The Hall–Kier alpha value is -1.87. The van der Waals surface area contributed by atoms with Crippen molar-refractivity contribution in [2.24, 2.45) is 0 Å². The molecule has 2 aromatic carbocycles. The van der Waals surface area contributed by atoms with Gasteiger partial charge in [-0.05, 0) is 61.3 Å². The number of rotatable bonds is 3. The summed E-state index contributed by atoms with van der Waals surface area (Å²) in [5.74, 6) is 0. The Bertz CT molecular complexity index is 811. The van der Waals surface area contributed by atoms with Crippen molar-refractivity contribution in [1.29, 1.82) is 0 Å². The molecule has 3 aromatic rings. The van der Waals surface area contributed by atoms with Gasteiger partial charge in [-0.3, -0.25) is 0 Å². The lowest BCUT2D eigenvalue weighted by molar-refractivity contribution is 0.704. The van der Waals surface area contributed by atoms with Crippen molar-refractivity contribution in [2.75, 3.05) is 0 Å². The predicted octanol–water partition coefficient (Wildman–Crippen LogP) is 4.56. The van der Waals surface area contributed by atoms with Crippen LogP contribution in [0.3, 0.4) is 0 Å². The number of aromatic amines is 1. The van der Waals surface area contributed by atoms with Crippen molar-refractivity contribution >= 4 is 23.3 Å². The zero-order valence-electron chi connectivity index (χ0n) is 11.8. The van der Waals surface area contributed by atoms with E-state index in [1.54, 1.807) is 0 Å². The topological polar surface area (TPSA) is 20.7 Å². The summed E-state index contributed by atoms with van der Waals surface area (Å²) < 4.78 is 3.00. The maximum absolute atomic E-state index is 5.45. The van der Waals surface area contributed by atoms with Crippen molar-refractivity contribution in [2.45, 2.75) is 26.8 Å². The summed E-state index contributed by atoms with van der Waals surface area (Å²) >= 11 is 5.45. The first-order chi connectivity index (χ1) is 9.65. The van der Waals surface area contributed by atoms with Gasteiger partial charge in [0.15, 0.2) is 4.77 Å². The normalized spacial score (nSPS) is 11.1. The van der Waals surface area contributed by atoms with Gasteiger partial charge in [0.2, 0.25) is 0 Å². The van der Waals surface area contributed by atoms with E-state index in [4.69, 9.17) is 12.2 Å². The van der Waals surface area contributed by atoms with Crippen molar-refractivity contribution in [3.63, 3.8) is 0 Å². The van der Waals surface area contributed by atoms with E-state index in [2.05, 4.69) is 65.9 Å². The molecule has 0 spiro atoms. The molecule has 0 aliphatic heterocycles. The quantitative estimate of drug-likeness (QED) is 0.698. The van der Waals surface area contributed by atoms with E-state index >= 15 is 0 Å². The number of aryl methyl sites for hydroxylation is 4. The number of imidazole rings is 1. The third-order valence-electron chi connectivity index (χ3n) is 3.80. The van der Waals surface area contributed by atoms with Crippen molar-refractivity contribution in [3.05, 3.63) is 63.9 Å². The van der Waals surface area contributed by atoms with E-state index in [0.29, 0.717) is 0 Å². The zero-order chi connectivity index (χ0) is 14.1. The number of hydrogen-bond acceptors (Lipinski definition) is 1. The molecule has 0 saturated carbocycles. The van der Waals surface area contributed by atoms with Crippen LogP contribution >= 0.6 is 12.2 Å². The fourth-order valence-electron chi connectivity index (χ4n) is 2.62. The Balaban J connectivity index is 1.94. The van der Waals surface area contributed by atoms with E-state index < -0.39 is 0 Å². The number of aromatic nitrogens is 2. The maximum Gasteiger partial charge on any atom is 0.178 e. The largest absolute Gasteiger partial charge is 0.331 e. The van der Waals surface area contributed by atoms with E-state index in [1.165, 1.54) is 22.2 Å². The molecule has 0 aliphatic rings. The minimum atomic E-state index is 0.805. The summed E-state index contributed by atoms with van der Waals surface area (Å²) in [6.45, 7) is 5.17. The van der Waals surface area contributed by atoms with Crippen LogP contribution in [-0.4, -0.2) is 9.55 Å². The molecule has 3 rings (SSSR count). The molecule has 0 atom stereocenters. The van der Waals surface area contributed by atoms with Gasteiger partial charge in [0.05, 0.1) is 11.0 Å². The lowest BCUT2D eigenvalue weighted by Gasteiger charge is -2.07. The van der Waals surface area contributed by atoms with Crippen LogP contribution in [0.2, 0.25) is 0 Å². The summed E-state index contributed by atoms with van der Waals surface area (Å²) in [5.41, 5.74) is 6.29. The SMILES string of the molecule is Cc1ccc2c(c1)[nH]c(=S)n2CCc1ccccc1C. The molecule has 20 heavy (non-hydrogen) atoms. The summed E-state index contributed by atoms with van der Waals surface area (Å²) in [6, 6.07) is 15.0. The van der Waals surface area contributed by atoms with Crippen molar-refractivity contribution < 1.29 is 0 Å². The molecule has 0 aliphatic carbocycles. The van der Waals surface area contributed by atoms with Gasteiger partial charge in [0.25, 0.3) is 0 Å². The van der Waals surface area contributed by atoms with Gasteiger partial charge in [0.1, 0.15) is 0 Å². The summed E-state index contributed by atoms with van der Waals surface area (Å²) in [7, 11) is 0. The molecule has 2 nitrogen and oxygen atoms in total. The van der Waals surface area contributed by atoms with Crippen LogP contribution in [-0.2, 0) is 13.0 Å². The highest BCUT2D eigenvalue weighted by molar-refractivity contribution is 7.71. The highest BCUT2D eigenvalue weighted by Crippen LogP contribution is 2.17. The summed E-state index contributed by atoms with van der Waals surface area (Å²) in [4.78, 5) is 3.30. The lowest BCUT2D eigenvalue weighted by atomic mass is 10.1. The van der Waals surface area contributed by atoms with Gasteiger partial charge in [-0.2, -0.15) is 0 Å². The minimum Gasteiger partial charge on any atom is -0.331 e. The second kappa shape index (κ2) is 5.25. The second-order valence-corrected chi connectivity index (χ2v) is 5.67. The number of benzene rings is 2. The van der Waals surface area contributed by atoms with Gasteiger partial charge in [-0.1, -0.05) is 30.3 Å². The molecule has 0 unspecified atom stereocenters. The van der Waals surface area contributed by atoms with Crippen LogP contribution in [0.5, 0.6) is 0 Å². The van der Waals surface area contributed by atoms with Gasteiger partial charge >= 0.3 is 0 Å². The molecule has 102 valence electrons. The molecule has 0 fully saturated rings. The summed E-state index contributed by atoms with van der Waals surface area (Å²) in [5, 5.41) is 0. The minimum absolute atomic E-state index is 0.805. The molecule has 1 N–H and O–H groups in total. The van der Waals surface area contributed by atoms with Crippen molar-refractivity contribution in [3.8, 4) is 0 Å². The number of nitrogens with zero attached hydrogens (tertiary/aromatic N) is 1. The number of hydrogen-bond donors (Lipinski definition) is 1. The Morgan fingerprint density at radius 3 is 2.70 bits per heavy atom. The van der Waals surface area contributed by atoms with Crippen LogP contribution in [0, 0.1) is 18.6 Å². The molecule has 1 heterocycles. The third kappa shape index (κ3) is 2.41. The monoisotopic (exact) mass is 282 g/mol. The van der Waals surface area contributed by atoms with Gasteiger partial charge in [-0.25, -0.2) is 0 Å². The van der Waals surface area contributed by atoms with Gasteiger partial charge in [0, 0.05) is 6.54 Å². The smallest absolute Gasteiger partial charge is 0.178 e. The van der Waals surface area contributed by atoms with Crippen molar-refractivity contribution in [1.82, 2.24) is 9.55 Å². The van der Waals surface area contributed by atoms with E-state index in [9.17, 15) is 0 Å². The Morgan fingerprint density at radius 2 is 1.90 bits per heavy atom. The van der Waals surface area contributed by atoms with E-state index in [-0.39, 0.29) is 0 Å². The molecule has 1 aromatic heterocycles. The second-order valence-electron chi connectivity index (χ2n) is 5.28. The average Bonchev–Trinajstić information content (AvgIpc) is 2.73. The Labute approximate surface area is 124 Å². The fraction of sp³-hybridized carbons (Fsp3) is 0.235. The van der Waals surface area contributed by atoms with Crippen LogP contribution in [0.4, 0.5) is 0 Å². The van der Waals surface area contributed by atoms with E-state index in [1.807, 2.05) is 0 Å². The Kier molecular flexibility index (Phi) is 3.45. The first-order valence-electron chi connectivity index (χ1n) is 6.89. The fourth-order valence-corrected chi connectivity index (χ4v) is 2.92. The van der Waals surface area contributed by atoms with E-state index in [0.717, 1.165) is 23.3 Å². The first-order valence-corrected chi connectivity index (χ1v) is 7.29. The van der Waals surface area contributed by atoms with Crippen LogP contribution in [0.1, 0.15) is 16.7 Å². The molecule has 0 bridgehead atoms. The molecular weight excluding hydrogens is 264 g/mol. The molecule has 0 amide bonds. The lowest BCUT2D eigenvalue weighted by Crippen LogP contribution is -2.02. The maximum atomic E-state index is 5.45. The Morgan fingerprint density at radius 1 is 1.10 bits per heavy atom. The highest BCUT2D eigenvalue weighted by atomic mass is 32.1.